The zero-order valence-electron chi connectivity index (χ0n) is 17.2. The lowest BCUT2D eigenvalue weighted by Crippen LogP contribution is -2.30. The van der Waals surface area contributed by atoms with Gasteiger partial charge in [-0.15, -0.1) is 35.5 Å². The number of thioether (sulfide) groups is 1. The Morgan fingerprint density at radius 3 is 2.53 bits per heavy atom. The molecule has 0 bridgehead atoms. The topological polar surface area (TPSA) is 75.4 Å². The third kappa shape index (κ3) is 5.89. The predicted molar refractivity (Wildman–Crippen MR) is 130 cm³/mol. The fraction of sp³-hybridized carbons (Fsp3) is 0.217. The van der Waals surface area contributed by atoms with Gasteiger partial charge < -0.3 is 11.1 Å². The van der Waals surface area contributed by atoms with Crippen molar-refractivity contribution >= 4 is 52.3 Å². The Labute approximate surface area is 200 Å². The average Bonchev–Trinajstić information content (AvgIpc) is 3.11. The van der Waals surface area contributed by atoms with Gasteiger partial charge in [-0.1, -0.05) is 30.3 Å². The third-order valence-electron chi connectivity index (χ3n) is 5.07. The lowest BCUT2D eigenvalue weighted by Gasteiger charge is -2.27. The molecule has 1 aliphatic heterocycles. The zero-order chi connectivity index (χ0) is 21.8. The van der Waals surface area contributed by atoms with Crippen molar-refractivity contribution in [3.8, 4) is 0 Å². The maximum absolute atomic E-state index is 13.0. The van der Waals surface area contributed by atoms with Crippen molar-refractivity contribution in [1.82, 2.24) is 4.90 Å². The summed E-state index contributed by atoms with van der Waals surface area (Å²) in [5.74, 6) is -0.899. The summed E-state index contributed by atoms with van der Waals surface area (Å²) in [7, 11) is 0. The molecule has 0 unspecified atom stereocenters. The van der Waals surface area contributed by atoms with Gasteiger partial charge in [0.2, 0.25) is 5.91 Å². The Hall–Kier alpha value is -2.39. The SMILES string of the molecule is Cl.NC(=O)c1c(NC(=O)CSc2ccc(F)cc2)sc2c1CCN(Cc1ccccc1)C2. The largest absolute Gasteiger partial charge is 0.365 e. The number of thiophene rings is 1. The van der Waals surface area contributed by atoms with Crippen LogP contribution in [0.5, 0.6) is 0 Å². The highest BCUT2D eigenvalue weighted by Gasteiger charge is 2.27. The summed E-state index contributed by atoms with van der Waals surface area (Å²) in [5.41, 5.74) is 8.28. The molecular formula is C23H23ClFN3O2S2. The number of carbonyl (C=O) groups excluding carboxylic acids is 2. The number of halogens is 2. The van der Waals surface area contributed by atoms with Crippen LogP contribution in [0.4, 0.5) is 9.39 Å². The number of benzene rings is 2. The van der Waals surface area contributed by atoms with Crippen LogP contribution in [0.15, 0.2) is 59.5 Å². The van der Waals surface area contributed by atoms with Crippen LogP contribution < -0.4 is 11.1 Å². The highest BCUT2D eigenvalue weighted by atomic mass is 35.5. The highest BCUT2D eigenvalue weighted by Crippen LogP contribution is 2.37. The predicted octanol–water partition coefficient (Wildman–Crippen LogP) is 4.70. The van der Waals surface area contributed by atoms with Gasteiger partial charge in [-0.25, -0.2) is 4.39 Å². The summed E-state index contributed by atoms with van der Waals surface area (Å²) in [6.45, 7) is 2.38. The first-order valence-corrected chi connectivity index (χ1v) is 11.7. The summed E-state index contributed by atoms with van der Waals surface area (Å²) in [6, 6.07) is 16.2. The molecule has 0 radical (unpaired) electrons. The Morgan fingerprint density at radius 1 is 1.12 bits per heavy atom. The first-order valence-electron chi connectivity index (χ1n) is 9.88. The van der Waals surface area contributed by atoms with Gasteiger partial charge in [-0.3, -0.25) is 14.5 Å². The summed E-state index contributed by atoms with van der Waals surface area (Å²) in [6.07, 6.45) is 0.719. The number of amides is 2. The molecule has 3 aromatic rings. The molecule has 2 amide bonds. The lowest BCUT2D eigenvalue weighted by atomic mass is 10.0. The van der Waals surface area contributed by atoms with E-state index in [9.17, 15) is 14.0 Å². The molecule has 5 nitrogen and oxygen atoms in total. The second-order valence-electron chi connectivity index (χ2n) is 7.31. The van der Waals surface area contributed by atoms with E-state index in [1.165, 1.54) is 40.8 Å². The number of rotatable bonds is 7. The van der Waals surface area contributed by atoms with E-state index >= 15 is 0 Å². The molecule has 9 heteroatoms. The van der Waals surface area contributed by atoms with Gasteiger partial charge in [0.15, 0.2) is 0 Å². The van der Waals surface area contributed by atoms with E-state index in [4.69, 9.17) is 5.73 Å². The van der Waals surface area contributed by atoms with Crippen molar-refractivity contribution in [2.24, 2.45) is 5.73 Å². The van der Waals surface area contributed by atoms with E-state index < -0.39 is 5.91 Å². The Morgan fingerprint density at radius 2 is 1.84 bits per heavy atom. The number of primary amides is 1. The fourth-order valence-electron chi connectivity index (χ4n) is 3.62. The number of hydrogen-bond donors (Lipinski definition) is 2. The molecule has 0 aliphatic carbocycles. The Balaban J connectivity index is 0.00000289. The smallest absolute Gasteiger partial charge is 0.251 e. The molecule has 0 saturated heterocycles. The standard InChI is InChI=1S/C23H22FN3O2S2.ClH/c24-16-6-8-17(9-7-16)30-14-20(28)26-23-21(22(25)29)18-10-11-27(13-19(18)31-23)12-15-4-2-1-3-5-15;/h1-9H,10-14H2,(H2,25,29)(H,26,28);1H. The first-order chi connectivity index (χ1) is 15.0. The van der Waals surface area contributed by atoms with E-state index in [1.807, 2.05) is 18.2 Å². The van der Waals surface area contributed by atoms with Crippen LogP contribution >= 0.6 is 35.5 Å². The molecular weight excluding hydrogens is 469 g/mol. The molecule has 0 spiro atoms. The van der Waals surface area contributed by atoms with Crippen LogP contribution in [0.1, 0.15) is 26.4 Å². The minimum absolute atomic E-state index is 0. The zero-order valence-corrected chi connectivity index (χ0v) is 19.6. The molecule has 168 valence electrons. The molecule has 0 atom stereocenters. The second-order valence-corrected chi connectivity index (χ2v) is 9.46. The summed E-state index contributed by atoms with van der Waals surface area (Å²) in [4.78, 5) is 28.8. The molecule has 2 heterocycles. The van der Waals surface area contributed by atoms with Crippen molar-refractivity contribution in [2.45, 2.75) is 24.4 Å². The van der Waals surface area contributed by atoms with Crippen LogP contribution in [-0.4, -0.2) is 29.0 Å². The second kappa shape index (κ2) is 11.0. The van der Waals surface area contributed by atoms with E-state index in [2.05, 4.69) is 22.3 Å². The molecule has 1 aliphatic rings. The normalized spacial score (nSPS) is 13.2. The number of nitrogens with one attached hydrogen (secondary N) is 1. The highest BCUT2D eigenvalue weighted by molar-refractivity contribution is 8.00. The molecule has 0 fully saturated rings. The van der Waals surface area contributed by atoms with Gasteiger partial charge in [-0.2, -0.15) is 0 Å². The van der Waals surface area contributed by atoms with Crippen LogP contribution in [0.3, 0.4) is 0 Å². The number of anilines is 1. The monoisotopic (exact) mass is 491 g/mol. The van der Waals surface area contributed by atoms with Gasteiger partial charge in [0.05, 0.1) is 11.3 Å². The molecule has 2 aromatic carbocycles. The molecule has 32 heavy (non-hydrogen) atoms. The molecule has 3 N–H and O–H groups in total. The van der Waals surface area contributed by atoms with Crippen LogP contribution in [-0.2, 0) is 24.3 Å². The van der Waals surface area contributed by atoms with Gasteiger partial charge in [0.1, 0.15) is 10.8 Å². The van der Waals surface area contributed by atoms with Crippen molar-refractivity contribution < 1.29 is 14.0 Å². The first kappa shape index (κ1) is 24.3. The number of hydrogen-bond acceptors (Lipinski definition) is 5. The molecule has 0 saturated carbocycles. The van der Waals surface area contributed by atoms with Crippen molar-refractivity contribution in [3.05, 3.63) is 82.0 Å². The quantitative estimate of drug-likeness (QED) is 0.470. The Bertz CT molecular complexity index is 1090. The minimum Gasteiger partial charge on any atom is -0.365 e. The van der Waals surface area contributed by atoms with Gasteiger partial charge in [-0.05, 0) is 41.8 Å². The average molecular weight is 492 g/mol. The maximum Gasteiger partial charge on any atom is 0.251 e. The molecule has 4 rings (SSSR count). The lowest BCUT2D eigenvalue weighted by molar-refractivity contribution is -0.113. The van der Waals surface area contributed by atoms with E-state index in [1.54, 1.807) is 12.1 Å². The maximum atomic E-state index is 13.0. The minimum atomic E-state index is -0.518. The van der Waals surface area contributed by atoms with Crippen molar-refractivity contribution in [2.75, 3.05) is 17.6 Å². The van der Waals surface area contributed by atoms with Crippen molar-refractivity contribution in [3.63, 3.8) is 0 Å². The summed E-state index contributed by atoms with van der Waals surface area (Å²) in [5, 5.41) is 3.38. The van der Waals surface area contributed by atoms with Crippen LogP contribution in [0.2, 0.25) is 0 Å². The third-order valence-corrected chi connectivity index (χ3v) is 7.21. The van der Waals surface area contributed by atoms with Crippen molar-refractivity contribution in [1.29, 1.82) is 0 Å². The van der Waals surface area contributed by atoms with E-state index in [-0.39, 0.29) is 29.9 Å². The number of nitrogens with zero attached hydrogens (tertiary/aromatic N) is 1. The fourth-order valence-corrected chi connectivity index (χ4v) is 5.63. The number of fused-ring (bicyclic) bond motifs is 1. The number of nitrogens with two attached hydrogens (primary N) is 1. The van der Waals surface area contributed by atoms with Crippen LogP contribution in [0, 0.1) is 5.82 Å². The summed E-state index contributed by atoms with van der Waals surface area (Å²) < 4.78 is 13.0. The molecule has 1 aromatic heterocycles. The van der Waals surface area contributed by atoms with Gasteiger partial charge in [0.25, 0.3) is 5.91 Å². The van der Waals surface area contributed by atoms with Gasteiger partial charge in [0, 0.05) is 29.4 Å². The van der Waals surface area contributed by atoms with Gasteiger partial charge >= 0.3 is 0 Å². The van der Waals surface area contributed by atoms with E-state index in [0.29, 0.717) is 10.6 Å². The number of carbonyl (C=O) groups is 2. The Kier molecular flexibility index (Phi) is 8.31. The summed E-state index contributed by atoms with van der Waals surface area (Å²) >= 11 is 2.73. The van der Waals surface area contributed by atoms with E-state index in [0.717, 1.165) is 41.4 Å². The van der Waals surface area contributed by atoms with Crippen LogP contribution in [0.25, 0.3) is 0 Å².